The van der Waals surface area contributed by atoms with Gasteiger partial charge in [0.1, 0.15) is 5.69 Å². The van der Waals surface area contributed by atoms with E-state index in [0.717, 1.165) is 26.1 Å². The largest absolute Gasteiger partial charge is 0.481 e. The second kappa shape index (κ2) is 9.83. The number of nitrogens with zero attached hydrogens (tertiary/aromatic N) is 5. The number of rotatable bonds is 9. The first kappa shape index (κ1) is 21.2. The van der Waals surface area contributed by atoms with E-state index in [0.29, 0.717) is 31.2 Å². The molecule has 2 heterocycles. The zero-order chi connectivity index (χ0) is 21.5. The Morgan fingerprint density at radius 2 is 1.73 bits per heavy atom. The Balaban J connectivity index is 1.47. The highest BCUT2D eigenvalue weighted by atomic mass is 16.6. The molecular formula is C19H24N6O5. The van der Waals surface area contributed by atoms with Gasteiger partial charge in [-0.2, -0.15) is 4.98 Å². The van der Waals surface area contributed by atoms with Crippen LogP contribution in [0.25, 0.3) is 0 Å². The quantitative estimate of drug-likeness (QED) is 0.372. The summed E-state index contributed by atoms with van der Waals surface area (Å²) >= 11 is 0. The fraction of sp³-hybridized carbons (Fsp3) is 0.421. The summed E-state index contributed by atoms with van der Waals surface area (Å²) in [6.45, 7) is 4.36. The number of nitrogens with one attached hydrogen (secondary N) is 1. The fourth-order valence-electron chi connectivity index (χ4n) is 3.43. The van der Waals surface area contributed by atoms with E-state index in [9.17, 15) is 20.2 Å². The normalized spacial score (nSPS) is 14.4. The zero-order valence-electron chi connectivity index (χ0n) is 16.7. The molecule has 3 rings (SSSR count). The van der Waals surface area contributed by atoms with Crippen LogP contribution in [0.15, 0.2) is 36.4 Å². The Bertz CT molecular complexity index is 901. The van der Waals surface area contributed by atoms with Crippen LogP contribution in [-0.4, -0.2) is 66.1 Å². The van der Waals surface area contributed by atoms with Crippen molar-refractivity contribution < 1.29 is 14.6 Å². The molecule has 1 N–H and O–H groups in total. The van der Waals surface area contributed by atoms with Crippen LogP contribution >= 0.6 is 0 Å². The van der Waals surface area contributed by atoms with Gasteiger partial charge in [-0.3, -0.25) is 25.1 Å². The van der Waals surface area contributed by atoms with E-state index in [4.69, 9.17) is 4.74 Å². The monoisotopic (exact) mass is 416 g/mol. The van der Waals surface area contributed by atoms with E-state index in [1.807, 2.05) is 11.0 Å². The summed E-state index contributed by atoms with van der Waals surface area (Å²) < 4.78 is 5.03. The number of ether oxygens (including phenoxy) is 1. The Hall–Kier alpha value is -3.47. The lowest BCUT2D eigenvalue weighted by molar-refractivity contribution is -0.384. The van der Waals surface area contributed by atoms with Crippen LogP contribution < -0.4 is 15.0 Å². The summed E-state index contributed by atoms with van der Waals surface area (Å²) in [5.74, 6) is 0.509. The Kier molecular flexibility index (Phi) is 6.96. The second-order valence-electron chi connectivity index (χ2n) is 6.83. The lowest BCUT2D eigenvalue weighted by atomic mass is 10.2. The smallest absolute Gasteiger partial charge is 0.311 e. The predicted octanol–water partition coefficient (Wildman–Crippen LogP) is 2.53. The first-order chi connectivity index (χ1) is 14.5. The third-order valence-corrected chi connectivity index (χ3v) is 4.99. The van der Waals surface area contributed by atoms with Gasteiger partial charge in [0.05, 0.1) is 17.0 Å². The molecular weight excluding hydrogens is 392 g/mol. The minimum atomic E-state index is -0.475. The molecule has 0 amide bonds. The van der Waals surface area contributed by atoms with Crippen molar-refractivity contribution in [3.8, 4) is 5.88 Å². The molecule has 160 valence electrons. The van der Waals surface area contributed by atoms with E-state index < -0.39 is 4.92 Å². The summed E-state index contributed by atoms with van der Waals surface area (Å²) in [6.07, 6.45) is 0.779. The maximum atomic E-state index is 11.2. The van der Waals surface area contributed by atoms with Gasteiger partial charge in [0, 0.05) is 50.9 Å². The number of aromatic nitrogens is 1. The molecule has 11 heteroatoms. The molecule has 0 atom stereocenters. The molecule has 0 bridgehead atoms. The van der Waals surface area contributed by atoms with Gasteiger partial charge >= 0.3 is 5.69 Å². The predicted molar refractivity (Wildman–Crippen MR) is 112 cm³/mol. The van der Waals surface area contributed by atoms with Crippen molar-refractivity contribution in [1.29, 1.82) is 0 Å². The average Bonchev–Trinajstić information content (AvgIpc) is 2.76. The number of para-hydroxylation sites is 2. The van der Waals surface area contributed by atoms with E-state index >= 15 is 0 Å². The highest BCUT2D eigenvalue weighted by molar-refractivity contribution is 5.63. The molecule has 1 aliphatic heterocycles. The number of benzene rings is 1. The molecule has 1 aromatic heterocycles. The second-order valence-corrected chi connectivity index (χ2v) is 6.83. The van der Waals surface area contributed by atoms with Crippen LogP contribution in [0.5, 0.6) is 5.88 Å². The van der Waals surface area contributed by atoms with Crippen molar-refractivity contribution in [3.05, 3.63) is 56.6 Å². The van der Waals surface area contributed by atoms with Gasteiger partial charge in [-0.05, 0) is 19.0 Å². The van der Waals surface area contributed by atoms with E-state index in [-0.39, 0.29) is 22.1 Å². The van der Waals surface area contributed by atoms with Gasteiger partial charge in [0.25, 0.3) is 5.69 Å². The number of nitro groups is 2. The van der Waals surface area contributed by atoms with Gasteiger partial charge < -0.3 is 15.0 Å². The standard InChI is InChI=1S/C19H24N6O5/c1-30-18-8-7-17(25(28)29)19(21-18)20-9-4-10-22-11-13-23(14-12-22)15-5-2-3-6-16(15)24(26)27/h2-3,5-8H,4,9-14H2,1H3,(H,20,21). The number of anilines is 2. The van der Waals surface area contributed by atoms with Gasteiger partial charge in [-0.15, -0.1) is 0 Å². The summed E-state index contributed by atoms with van der Waals surface area (Å²) in [5.41, 5.74) is 0.691. The van der Waals surface area contributed by atoms with Crippen molar-refractivity contribution in [2.24, 2.45) is 0 Å². The molecule has 30 heavy (non-hydrogen) atoms. The summed E-state index contributed by atoms with van der Waals surface area (Å²) in [4.78, 5) is 30.0. The van der Waals surface area contributed by atoms with Crippen LogP contribution in [0.4, 0.5) is 22.9 Å². The van der Waals surface area contributed by atoms with Gasteiger partial charge in [0.15, 0.2) is 0 Å². The van der Waals surface area contributed by atoms with Crippen molar-refractivity contribution >= 4 is 22.9 Å². The summed E-state index contributed by atoms with van der Waals surface area (Å²) in [7, 11) is 1.46. The van der Waals surface area contributed by atoms with Crippen molar-refractivity contribution in [2.45, 2.75) is 6.42 Å². The van der Waals surface area contributed by atoms with Gasteiger partial charge in [0.2, 0.25) is 11.7 Å². The Morgan fingerprint density at radius 3 is 2.40 bits per heavy atom. The Morgan fingerprint density at radius 1 is 1.03 bits per heavy atom. The van der Waals surface area contributed by atoms with Crippen molar-refractivity contribution in [2.75, 3.05) is 56.6 Å². The number of methoxy groups -OCH3 is 1. The van der Waals surface area contributed by atoms with E-state index in [2.05, 4.69) is 15.2 Å². The highest BCUT2D eigenvalue weighted by Gasteiger charge is 2.23. The SMILES string of the molecule is COc1ccc([N+](=O)[O-])c(NCCCN2CCN(c3ccccc3[N+](=O)[O-])CC2)n1. The average molecular weight is 416 g/mol. The molecule has 2 aromatic rings. The maximum Gasteiger partial charge on any atom is 0.311 e. The molecule has 0 spiro atoms. The topological polar surface area (TPSA) is 127 Å². The van der Waals surface area contributed by atoms with Crippen LogP contribution in [-0.2, 0) is 0 Å². The first-order valence-corrected chi connectivity index (χ1v) is 9.63. The molecule has 0 unspecified atom stereocenters. The zero-order valence-corrected chi connectivity index (χ0v) is 16.7. The van der Waals surface area contributed by atoms with Gasteiger partial charge in [-0.25, -0.2) is 0 Å². The van der Waals surface area contributed by atoms with Gasteiger partial charge in [-0.1, -0.05) is 12.1 Å². The number of pyridine rings is 1. The molecule has 1 fully saturated rings. The van der Waals surface area contributed by atoms with Crippen LogP contribution in [0, 0.1) is 20.2 Å². The first-order valence-electron chi connectivity index (χ1n) is 9.63. The third-order valence-electron chi connectivity index (χ3n) is 4.99. The number of piperazine rings is 1. The third kappa shape index (κ3) is 5.11. The highest BCUT2D eigenvalue weighted by Crippen LogP contribution is 2.28. The Labute approximate surface area is 173 Å². The number of hydrogen-bond donors (Lipinski definition) is 1. The number of hydrogen-bond acceptors (Lipinski definition) is 9. The molecule has 0 aliphatic carbocycles. The summed E-state index contributed by atoms with van der Waals surface area (Å²) in [5, 5.41) is 25.4. The molecule has 1 aliphatic rings. The minimum absolute atomic E-state index is 0.0890. The molecule has 0 saturated carbocycles. The molecule has 11 nitrogen and oxygen atoms in total. The van der Waals surface area contributed by atoms with E-state index in [1.54, 1.807) is 12.1 Å². The maximum absolute atomic E-state index is 11.2. The molecule has 0 radical (unpaired) electrons. The minimum Gasteiger partial charge on any atom is -0.481 e. The van der Waals surface area contributed by atoms with Crippen molar-refractivity contribution in [3.63, 3.8) is 0 Å². The van der Waals surface area contributed by atoms with Crippen molar-refractivity contribution in [1.82, 2.24) is 9.88 Å². The molecule has 1 aromatic carbocycles. The fourth-order valence-corrected chi connectivity index (χ4v) is 3.43. The molecule has 1 saturated heterocycles. The summed E-state index contributed by atoms with van der Waals surface area (Å²) in [6, 6.07) is 9.62. The lowest BCUT2D eigenvalue weighted by Gasteiger charge is -2.35. The number of nitro benzene ring substituents is 1. The van der Waals surface area contributed by atoms with Crippen LogP contribution in [0.3, 0.4) is 0 Å². The van der Waals surface area contributed by atoms with Crippen LogP contribution in [0.1, 0.15) is 6.42 Å². The lowest BCUT2D eigenvalue weighted by Crippen LogP contribution is -2.47. The van der Waals surface area contributed by atoms with Crippen LogP contribution in [0.2, 0.25) is 0 Å². The van der Waals surface area contributed by atoms with E-state index in [1.165, 1.54) is 25.3 Å².